The van der Waals surface area contributed by atoms with E-state index in [1.54, 1.807) is 30.3 Å². The molecule has 0 aliphatic heterocycles. The normalized spacial score (nSPS) is 10.6. The quantitative estimate of drug-likeness (QED) is 0.706. The molecule has 0 bridgehead atoms. The summed E-state index contributed by atoms with van der Waals surface area (Å²) in [7, 11) is 1.23. The number of carbonyl (C=O) groups is 1. The van der Waals surface area contributed by atoms with E-state index < -0.39 is 5.97 Å². The van der Waals surface area contributed by atoms with E-state index in [0.717, 1.165) is 0 Å². The predicted molar refractivity (Wildman–Crippen MR) is 80.8 cm³/mol. The van der Waals surface area contributed by atoms with Crippen LogP contribution >= 0.6 is 0 Å². The third-order valence-electron chi connectivity index (χ3n) is 3.29. The van der Waals surface area contributed by atoms with Crippen molar-refractivity contribution in [1.82, 2.24) is 9.97 Å². The van der Waals surface area contributed by atoms with Crippen LogP contribution in [0, 0.1) is 0 Å². The van der Waals surface area contributed by atoms with Crippen LogP contribution in [0.5, 0.6) is 5.75 Å². The molecule has 3 rings (SSSR count). The van der Waals surface area contributed by atoms with Gasteiger partial charge in [0.15, 0.2) is 0 Å². The van der Waals surface area contributed by atoms with Gasteiger partial charge in [0, 0.05) is 5.56 Å². The number of nitrogens with zero attached hydrogens (tertiary/aromatic N) is 1. The summed E-state index contributed by atoms with van der Waals surface area (Å²) >= 11 is 0. The standard InChI is InChI=1S/C16H12N2O4/c1-22-16(21)11-8-9(6-7-13(11)19)14-17-12-5-3-2-4-10(12)15(20)18-14/h2-8,19H,1H3,(H,17,18,20). The topological polar surface area (TPSA) is 92.3 Å². The van der Waals surface area contributed by atoms with Gasteiger partial charge in [0.1, 0.15) is 17.1 Å². The minimum Gasteiger partial charge on any atom is -0.507 e. The molecular formula is C16H12N2O4. The maximum atomic E-state index is 12.1. The number of benzene rings is 2. The first-order chi connectivity index (χ1) is 10.6. The van der Waals surface area contributed by atoms with Gasteiger partial charge in [-0.3, -0.25) is 4.79 Å². The van der Waals surface area contributed by atoms with E-state index in [1.807, 2.05) is 0 Å². The van der Waals surface area contributed by atoms with Gasteiger partial charge in [-0.05, 0) is 30.3 Å². The number of aromatic hydroxyl groups is 1. The first-order valence-corrected chi connectivity index (χ1v) is 6.51. The summed E-state index contributed by atoms with van der Waals surface area (Å²) in [5.74, 6) is -0.546. The van der Waals surface area contributed by atoms with Crippen molar-refractivity contribution in [2.24, 2.45) is 0 Å². The van der Waals surface area contributed by atoms with Crippen LogP contribution in [0.15, 0.2) is 47.3 Å². The van der Waals surface area contributed by atoms with Gasteiger partial charge in [0.05, 0.1) is 18.0 Å². The maximum absolute atomic E-state index is 12.1. The smallest absolute Gasteiger partial charge is 0.341 e. The molecule has 6 heteroatoms. The summed E-state index contributed by atoms with van der Waals surface area (Å²) in [6.45, 7) is 0. The number of aromatic nitrogens is 2. The molecule has 0 atom stereocenters. The van der Waals surface area contributed by atoms with E-state index >= 15 is 0 Å². The lowest BCUT2D eigenvalue weighted by Crippen LogP contribution is -2.10. The summed E-state index contributed by atoms with van der Waals surface area (Å²) in [4.78, 5) is 30.7. The maximum Gasteiger partial charge on any atom is 0.341 e. The zero-order chi connectivity index (χ0) is 15.7. The average molecular weight is 296 g/mol. The van der Waals surface area contributed by atoms with Crippen LogP contribution in [0.1, 0.15) is 10.4 Å². The fourth-order valence-corrected chi connectivity index (χ4v) is 2.18. The van der Waals surface area contributed by atoms with Crippen molar-refractivity contribution in [2.75, 3.05) is 7.11 Å². The molecule has 22 heavy (non-hydrogen) atoms. The van der Waals surface area contributed by atoms with Crippen LogP contribution in [0.25, 0.3) is 22.3 Å². The minimum atomic E-state index is -0.664. The summed E-state index contributed by atoms with van der Waals surface area (Å²) < 4.78 is 4.61. The second-order valence-electron chi connectivity index (χ2n) is 4.66. The molecule has 2 aromatic carbocycles. The van der Waals surface area contributed by atoms with Crippen molar-refractivity contribution >= 4 is 16.9 Å². The zero-order valence-electron chi connectivity index (χ0n) is 11.7. The summed E-state index contributed by atoms with van der Waals surface area (Å²) in [6.07, 6.45) is 0. The molecule has 0 spiro atoms. The number of aromatic amines is 1. The van der Waals surface area contributed by atoms with E-state index in [9.17, 15) is 14.7 Å². The molecule has 0 saturated carbocycles. The highest BCUT2D eigenvalue weighted by Gasteiger charge is 2.14. The van der Waals surface area contributed by atoms with Crippen LogP contribution in [-0.2, 0) is 4.74 Å². The number of phenols is 1. The number of carbonyl (C=O) groups excluding carboxylic acids is 1. The Balaban J connectivity index is 2.19. The highest BCUT2D eigenvalue weighted by atomic mass is 16.5. The molecule has 2 N–H and O–H groups in total. The molecule has 0 radical (unpaired) electrons. The fraction of sp³-hybridized carbons (Fsp3) is 0.0625. The molecule has 0 aliphatic carbocycles. The Morgan fingerprint density at radius 3 is 2.77 bits per heavy atom. The number of H-pyrrole nitrogens is 1. The summed E-state index contributed by atoms with van der Waals surface area (Å²) in [6, 6.07) is 11.3. The lowest BCUT2D eigenvalue weighted by atomic mass is 10.1. The first-order valence-electron chi connectivity index (χ1n) is 6.51. The molecular weight excluding hydrogens is 284 g/mol. The monoisotopic (exact) mass is 296 g/mol. The number of fused-ring (bicyclic) bond motifs is 1. The molecule has 110 valence electrons. The van der Waals surface area contributed by atoms with Gasteiger partial charge in [-0.2, -0.15) is 0 Å². The summed E-state index contributed by atoms with van der Waals surface area (Å²) in [5.41, 5.74) is 0.791. The third-order valence-corrected chi connectivity index (χ3v) is 3.29. The van der Waals surface area contributed by atoms with Gasteiger partial charge in [-0.1, -0.05) is 12.1 Å². The van der Waals surface area contributed by atoms with Gasteiger partial charge < -0.3 is 14.8 Å². The third kappa shape index (κ3) is 2.31. The van der Waals surface area contributed by atoms with Crippen molar-refractivity contribution in [3.8, 4) is 17.1 Å². The van der Waals surface area contributed by atoms with Crippen molar-refractivity contribution in [1.29, 1.82) is 0 Å². The van der Waals surface area contributed by atoms with Crippen LogP contribution in [-0.4, -0.2) is 28.2 Å². The summed E-state index contributed by atoms with van der Waals surface area (Å²) in [5, 5.41) is 10.2. The van der Waals surface area contributed by atoms with E-state index in [0.29, 0.717) is 22.3 Å². The van der Waals surface area contributed by atoms with Crippen molar-refractivity contribution in [2.45, 2.75) is 0 Å². The largest absolute Gasteiger partial charge is 0.507 e. The molecule has 0 unspecified atom stereocenters. The van der Waals surface area contributed by atoms with Gasteiger partial charge in [0.25, 0.3) is 5.56 Å². The molecule has 0 fully saturated rings. The predicted octanol–water partition coefficient (Wildman–Crippen LogP) is 2.08. The Morgan fingerprint density at radius 1 is 1.23 bits per heavy atom. The van der Waals surface area contributed by atoms with Gasteiger partial charge in [-0.25, -0.2) is 9.78 Å². The average Bonchev–Trinajstić information content (AvgIpc) is 2.54. The van der Waals surface area contributed by atoms with Crippen LogP contribution in [0.4, 0.5) is 0 Å². The Hall–Kier alpha value is -3.15. The van der Waals surface area contributed by atoms with E-state index in [1.165, 1.54) is 19.2 Å². The number of phenolic OH excluding ortho intramolecular Hbond substituents is 1. The van der Waals surface area contributed by atoms with Gasteiger partial charge >= 0.3 is 5.97 Å². The number of para-hydroxylation sites is 1. The van der Waals surface area contributed by atoms with Crippen LogP contribution in [0.2, 0.25) is 0 Å². The number of hydrogen-bond donors (Lipinski definition) is 2. The Morgan fingerprint density at radius 2 is 2.00 bits per heavy atom. The molecule has 3 aromatic rings. The number of hydrogen-bond acceptors (Lipinski definition) is 5. The Bertz CT molecular complexity index is 931. The van der Waals surface area contributed by atoms with Crippen LogP contribution in [0.3, 0.4) is 0 Å². The number of ether oxygens (including phenoxy) is 1. The molecule has 0 saturated heterocycles. The number of esters is 1. The van der Waals surface area contributed by atoms with Crippen molar-refractivity contribution in [3.05, 3.63) is 58.4 Å². The van der Waals surface area contributed by atoms with E-state index in [2.05, 4.69) is 14.7 Å². The van der Waals surface area contributed by atoms with E-state index in [4.69, 9.17) is 0 Å². The number of rotatable bonds is 2. The molecule has 0 amide bonds. The number of methoxy groups -OCH3 is 1. The Kier molecular flexibility index (Phi) is 3.34. The highest BCUT2D eigenvalue weighted by Crippen LogP contribution is 2.24. The van der Waals surface area contributed by atoms with Gasteiger partial charge in [-0.15, -0.1) is 0 Å². The SMILES string of the molecule is COC(=O)c1cc(-c2nc3ccccc3c(=O)[nH]2)ccc1O. The molecule has 0 aliphatic rings. The van der Waals surface area contributed by atoms with Crippen molar-refractivity contribution < 1.29 is 14.6 Å². The first kappa shape index (κ1) is 13.8. The Labute approximate surface area is 125 Å². The van der Waals surface area contributed by atoms with Gasteiger partial charge in [0.2, 0.25) is 0 Å². The zero-order valence-corrected chi connectivity index (χ0v) is 11.7. The minimum absolute atomic E-state index is 0.0100. The second-order valence-corrected chi connectivity index (χ2v) is 4.66. The number of nitrogens with one attached hydrogen (secondary N) is 1. The molecule has 1 aromatic heterocycles. The lowest BCUT2D eigenvalue weighted by Gasteiger charge is -2.07. The second kappa shape index (κ2) is 5.33. The lowest BCUT2D eigenvalue weighted by molar-refractivity contribution is 0.0597. The molecule has 6 nitrogen and oxygen atoms in total. The van der Waals surface area contributed by atoms with E-state index in [-0.39, 0.29) is 16.9 Å². The fourth-order valence-electron chi connectivity index (χ4n) is 2.18. The highest BCUT2D eigenvalue weighted by molar-refractivity contribution is 5.93. The van der Waals surface area contributed by atoms with Crippen molar-refractivity contribution in [3.63, 3.8) is 0 Å². The van der Waals surface area contributed by atoms with Crippen LogP contribution < -0.4 is 5.56 Å². The molecule has 1 heterocycles.